The van der Waals surface area contributed by atoms with Crippen LogP contribution in [0.4, 0.5) is 0 Å². The van der Waals surface area contributed by atoms with Crippen LogP contribution in [-0.2, 0) is 9.47 Å². The molecule has 0 aliphatic carbocycles. The van der Waals surface area contributed by atoms with Gasteiger partial charge in [-0.05, 0) is 6.92 Å². The summed E-state index contributed by atoms with van der Waals surface area (Å²) in [7, 11) is 3.21. The zero-order chi connectivity index (χ0) is 4.99. The molecule has 0 aliphatic rings. The van der Waals surface area contributed by atoms with Crippen molar-refractivity contribution in [1.29, 1.82) is 0 Å². The summed E-state index contributed by atoms with van der Waals surface area (Å²) in [6, 6.07) is 0. The molecule has 3 heteroatoms. The van der Waals surface area contributed by atoms with Crippen molar-refractivity contribution in [2.24, 2.45) is 0 Å². The SMILES string of the molecule is COC(C)OC.[H-].[Na+]. The molecule has 0 aromatic carbocycles. The normalized spacial score (nSPS) is 8.57. The Kier molecular flexibility index (Phi) is 10.7. The van der Waals surface area contributed by atoms with Crippen LogP contribution in [0.25, 0.3) is 0 Å². The summed E-state index contributed by atoms with van der Waals surface area (Å²) >= 11 is 0. The first kappa shape index (κ1) is 10.8. The zero-order valence-electron chi connectivity index (χ0n) is 6.39. The van der Waals surface area contributed by atoms with E-state index in [1.807, 2.05) is 6.92 Å². The van der Waals surface area contributed by atoms with Crippen molar-refractivity contribution in [3.05, 3.63) is 0 Å². The van der Waals surface area contributed by atoms with E-state index in [1.54, 1.807) is 14.2 Å². The van der Waals surface area contributed by atoms with E-state index in [9.17, 15) is 0 Å². The smallest absolute Gasteiger partial charge is 1.00 e. The molecule has 0 aromatic rings. The van der Waals surface area contributed by atoms with Crippen LogP contribution in [0, 0.1) is 0 Å². The van der Waals surface area contributed by atoms with Crippen LogP contribution in [0.1, 0.15) is 8.35 Å². The summed E-state index contributed by atoms with van der Waals surface area (Å²) in [4.78, 5) is 0. The predicted molar refractivity (Wildman–Crippen MR) is 24.6 cm³/mol. The second kappa shape index (κ2) is 6.92. The number of hydrogen-bond acceptors (Lipinski definition) is 2. The molecule has 0 rings (SSSR count). The van der Waals surface area contributed by atoms with E-state index in [0.717, 1.165) is 0 Å². The standard InChI is InChI=1S/C4H10O2.Na.H/c1-4(5-2)6-3;;/h4H,1-3H3;;/q;+1;-1. The molecule has 0 aliphatic heterocycles. The molecular weight excluding hydrogens is 103 g/mol. The van der Waals surface area contributed by atoms with Gasteiger partial charge in [-0.3, -0.25) is 0 Å². The molecule has 0 N–H and O–H groups in total. The van der Waals surface area contributed by atoms with Crippen LogP contribution in [0.3, 0.4) is 0 Å². The average molecular weight is 114 g/mol. The van der Waals surface area contributed by atoms with Gasteiger partial charge in [-0.15, -0.1) is 0 Å². The first-order valence-electron chi connectivity index (χ1n) is 1.87. The van der Waals surface area contributed by atoms with Gasteiger partial charge in [-0.1, -0.05) is 0 Å². The fraction of sp³-hybridized carbons (Fsp3) is 1.00. The molecule has 0 aromatic heterocycles. The molecule has 0 amide bonds. The third-order valence-corrected chi connectivity index (χ3v) is 0.664. The fourth-order valence-corrected chi connectivity index (χ4v) is 0.0962. The van der Waals surface area contributed by atoms with Crippen LogP contribution in [-0.4, -0.2) is 20.5 Å². The van der Waals surface area contributed by atoms with Gasteiger partial charge >= 0.3 is 29.6 Å². The number of hydrogen-bond donors (Lipinski definition) is 0. The number of ether oxygens (including phenoxy) is 2. The van der Waals surface area contributed by atoms with Gasteiger partial charge in [-0.25, -0.2) is 0 Å². The maximum Gasteiger partial charge on any atom is 1.00 e. The van der Waals surface area contributed by atoms with E-state index in [0.29, 0.717) is 0 Å². The Hall–Kier alpha value is 0.920. The summed E-state index contributed by atoms with van der Waals surface area (Å²) < 4.78 is 9.35. The molecule has 0 atom stereocenters. The van der Waals surface area contributed by atoms with Gasteiger partial charge in [0.05, 0.1) is 0 Å². The van der Waals surface area contributed by atoms with E-state index in [-0.39, 0.29) is 37.3 Å². The Morgan fingerprint density at radius 2 is 1.57 bits per heavy atom. The minimum absolute atomic E-state index is 0. The molecule has 0 saturated heterocycles. The van der Waals surface area contributed by atoms with E-state index in [1.165, 1.54) is 0 Å². The molecule has 7 heavy (non-hydrogen) atoms. The van der Waals surface area contributed by atoms with Gasteiger partial charge in [0.15, 0.2) is 6.29 Å². The molecule has 0 heterocycles. The summed E-state index contributed by atoms with van der Waals surface area (Å²) in [5.41, 5.74) is 0. The Bertz CT molecular complexity index is 33.2. The second-order valence-corrected chi connectivity index (χ2v) is 1.04. The summed E-state index contributed by atoms with van der Waals surface area (Å²) in [5.74, 6) is 0. The Morgan fingerprint density at radius 3 is 1.57 bits per heavy atom. The first-order chi connectivity index (χ1) is 2.81. The molecule has 40 valence electrons. The molecular formula is C4H11NaO2. The molecule has 0 unspecified atom stereocenters. The predicted octanol–water partition coefficient (Wildman–Crippen LogP) is -2.26. The minimum atomic E-state index is -0.0648. The topological polar surface area (TPSA) is 18.5 Å². The second-order valence-electron chi connectivity index (χ2n) is 1.04. The number of rotatable bonds is 2. The third-order valence-electron chi connectivity index (χ3n) is 0.664. The fourth-order valence-electron chi connectivity index (χ4n) is 0.0962. The number of methoxy groups -OCH3 is 2. The monoisotopic (exact) mass is 114 g/mol. The van der Waals surface area contributed by atoms with Gasteiger partial charge in [0.2, 0.25) is 0 Å². The van der Waals surface area contributed by atoms with Crippen molar-refractivity contribution in [3.63, 3.8) is 0 Å². The Balaban J connectivity index is -0.000000125. The van der Waals surface area contributed by atoms with Crippen LogP contribution >= 0.6 is 0 Å². The summed E-state index contributed by atoms with van der Waals surface area (Å²) in [5, 5.41) is 0. The van der Waals surface area contributed by atoms with Crippen LogP contribution in [0.5, 0.6) is 0 Å². The Morgan fingerprint density at radius 1 is 1.29 bits per heavy atom. The molecule has 0 radical (unpaired) electrons. The summed E-state index contributed by atoms with van der Waals surface area (Å²) in [6.07, 6.45) is -0.0648. The van der Waals surface area contributed by atoms with Crippen molar-refractivity contribution >= 4 is 0 Å². The molecule has 2 nitrogen and oxygen atoms in total. The zero-order valence-corrected chi connectivity index (χ0v) is 7.39. The quantitative estimate of drug-likeness (QED) is 0.298. The first-order valence-corrected chi connectivity index (χ1v) is 1.87. The van der Waals surface area contributed by atoms with Crippen LogP contribution in [0.2, 0.25) is 0 Å². The van der Waals surface area contributed by atoms with Crippen molar-refractivity contribution < 1.29 is 40.5 Å². The van der Waals surface area contributed by atoms with Crippen LogP contribution < -0.4 is 29.6 Å². The average Bonchev–Trinajstić information content (AvgIpc) is 1.65. The van der Waals surface area contributed by atoms with Gasteiger partial charge in [0.1, 0.15) is 0 Å². The third kappa shape index (κ3) is 6.92. The summed E-state index contributed by atoms with van der Waals surface area (Å²) in [6.45, 7) is 1.83. The van der Waals surface area contributed by atoms with Crippen molar-refractivity contribution in [1.82, 2.24) is 0 Å². The largest absolute Gasteiger partial charge is 1.00 e. The molecule has 0 fully saturated rings. The Labute approximate surface area is 68.0 Å². The maximum absolute atomic E-state index is 4.68. The van der Waals surface area contributed by atoms with Gasteiger partial charge in [0.25, 0.3) is 0 Å². The molecule has 0 saturated carbocycles. The molecule has 0 bridgehead atoms. The van der Waals surface area contributed by atoms with Crippen molar-refractivity contribution in [2.75, 3.05) is 14.2 Å². The minimum Gasteiger partial charge on any atom is -1.00 e. The van der Waals surface area contributed by atoms with E-state index in [4.69, 9.17) is 0 Å². The molecule has 0 spiro atoms. The van der Waals surface area contributed by atoms with Crippen LogP contribution in [0.15, 0.2) is 0 Å². The van der Waals surface area contributed by atoms with E-state index >= 15 is 0 Å². The van der Waals surface area contributed by atoms with Crippen molar-refractivity contribution in [3.8, 4) is 0 Å². The van der Waals surface area contributed by atoms with Crippen molar-refractivity contribution in [2.45, 2.75) is 13.2 Å². The van der Waals surface area contributed by atoms with Gasteiger partial charge in [0, 0.05) is 14.2 Å². The van der Waals surface area contributed by atoms with Gasteiger partial charge in [-0.2, -0.15) is 0 Å². The van der Waals surface area contributed by atoms with E-state index in [2.05, 4.69) is 9.47 Å². The maximum atomic E-state index is 4.68. The van der Waals surface area contributed by atoms with Gasteiger partial charge < -0.3 is 10.9 Å². The van der Waals surface area contributed by atoms with E-state index < -0.39 is 0 Å².